The van der Waals surface area contributed by atoms with Gasteiger partial charge in [-0.05, 0) is 0 Å². The Morgan fingerprint density at radius 2 is 2.20 bits per heavy atom. The van der Waals surface area contributed by atoms with Crippen LogP contribution in [0.2, 0.25) is 0 Å². The summed E-state index contributed by atoms with van der Waals surface area (Å²) < 4.78 is 10.3. The second kappa shape index (κ2) is 3.91. The first kappa shape index (κ1) is 7.98. The SMILES string of the molecule is COCC1CNCC1OC. The number of methoxy groups -OCH3 is 2. The second-order valence-corrected chi connectivity index (χ2v) is 2.65. The zero-order chi connectivity index (χ0) is 7.40. The minimum Gasteiger partial charge on any atom is -0.384 e. The topological polar surface area (TPSA) is 30.5 Å². The van der Waals surface area contributed by atoms with Crippen molar-refractivity contribution in [2.24, 2.45) is 5.92 Å². The summed E-state index contributed by atoms with van der Waals surface area (Å²) in [5.41, 5.74) is 0. The summed E-state index contributed by atoms with van der Waals surface area (Å²) in [6.45, 7) is 2.78. The van der Waals surface area contributed by atoms with E-state index < -0.39 is 0 Å². The molecule has 1 fully saturated rings. The van der Waals surface area contributed by atoms with Crippen molar-refractivity contribution in [2.45, 2.75) is 6.10 Å². The first-order chi connectivity index (χ1) is 4.88. The smallest absolute Gasteiger partial charge is 0.0757 e. The van der Waals surface area contributed by atoms with Gasteiger partial charge < -0.3 is 14.8 Å². The van der Waals surface area contributed by atoms with Crippen molar-refractivity contribution < 1.29 is 9.47 Å². The first-order valence-corrected chi connectivity index (χ1v) is 3.61. The summed E-state index contributed by atoms with van der Waals surface area (Å²) in [5, 5.41) is 3.25. The minimum atomic E-state index is 0.347. The number of rotatable bonds is 3. The molecule has 2 unspecified atom stereocenters. The predicted octanol–water partition coefficient (Wildman–Crippen LogP) is -0.133. The lowest BCUT2D eigenvalue weighted by Crippen LogP contribution is -2.24. The van der Waals surface area contributed by atoms with Crippen LogP contribution in [0.15, 0.2) is 0 Å². The summed E-state index contributed by atoms with van der Waals surface area (Å²) in [7, 11) is 3.48. The Kier molecular flexibility index (Phi) is 3.12. The number of ether oxygens (including phenoxy) is 2. The molecule has 0 aliphatic carbocycles. The maximum absolute atomic E-state index is 5.23. The third kappa shape index (κ3) is 1.68. The molecule has 1 heterocycles. The second-order valence-electron chi connectivity index (χ2n) is 2.65. The molecule has 1 N–H and O–H groups in total. The van der Waals surface area contributed by atoms with Gasteiger partial charge >= 0.3 is 0 Å². The standard InChI is InChI=1S/C7H15NO2/c1-9-5-6-3-8-4-7(6)10-2/h6-8H,3-5H2,1-2H3. The molecule has 1 saturated heterocycles. The van der Waals surface area contributed by atoms with Crippen LogP contribution in [0.25, 0.3) is 0 Å². The molecule has 0 aromatic heterocycles. The summed E-state index contributed by atoms with van der Waals surface area (Å²) in [6.07, 6.45) is 0.347. The monoisotopic (exact) mass is 145 g/mol. The lowest BCUT2D eigenvalue weighted by molar-refractivity contribution is 0.0438. The predicted molar refractivity (Wildman–Crippen MR) is 39.0 cm³/mol. The summed E-state index contributed by atoms with van der Waals surface area (Å²) >= 11 is 0. The van der Waals surface area contributed by atoms with E-state index >= 15 is 0 Å². The van der Waals surface area contributed by atoms with Crippen LogP contribution in [0.4, 0.5) is 0 Å². The number of hydrogen-bond acceptors (Lipinski definition) is 3. The average molecular weight is 145 g/mol. The molecule has 1 rings (SSSR count). The van der Waals surface area contributed by atoms with Gasteiger partial charge in [-0.25, -0.2) is 0 Å². The quantitative estimate of drug-likeness (QED) is 0.600. The van der Waals surface area contributed by atoms with Crippen LogP contribution in [-0.2, 0) is 9.47 Å². The molecule has 3 nitrogen and oxygen atoms in total. The maximum atomic E-state index is 5.23. The zero-order valence-electron chi connectivity index (χ0n) is 6.59. The van der Waals surface area contributed by atoms with Gasteiger partial charge in [-0.2, -0.15) is 0 Å². The fourth-order valence-electron chi connectivity index (χ4n) is 1.37. The van der Waals surface area contributed by atoms with Gasteiger partial charge in [0.15, 0.2) is 0 Å². The largest absolute Gasteiger partial charge is 0.384 e. The highest BCUT2D eigenvalue weighted by Crippen LogP contribution is 2.11. The van der Waals surface area contributed by atoms with Crippen molar-refractivity contribution in [2.75, 3.05) is 33.9 Å². The first-order valence-electron chi connectivity index (χ1n) is 3.61. The van der Waals surface area contributed by atoms with Crippen LogP contribution in [0.3, 0.4) is 0 Å². The van der Waals surface area contributed by atoms with Gasteiger partial charge in [-0.3, -0.25) is 0 Å². The molecule has 0 radical (unpaired) electrons. The van der Waals surface area contributed by atoms with E-state index in [0.29, 0.717) is 12.0 Å². The van der Waals surface area contributed by atoms with E-state index in [9.17, 15) is 0 Å². The molecule has 0 amide bonds. The van der Waals surface area contributed by atoms with Gasteiger partial charge in [-0.1, -0.05) is 0 Å². The van der Waals surface area contributed by atoms with E-state index in [-0.39, 0.29) is 0 Å². The van der Waals surface area contributed by atoms with Crippen molar-refractivity contribution in [1.29, 1.82) is 0 Å². The van der Waals surface area contributed by atoms with Crippen molar-refractivity contribution in [1.82, 2.24) is 5.32 Å². The molecular weight excluding hydrogens is 130 g/mol. The van der Waals surface area contributed by atoms with Gasteiger partial charge in [0.1, 0.15) is 0 Å². The van der Waals surface area contributed by atoms with Crippen LogP contribution in [-0.4, -0.2) is 40.0 Å². The van der Waals surface area contributed by atoms with Gasteiger partial charge in [0.2, 0.25) is 0 Å². The molecule has 0 spiro atoms. The third-order valence-electron chi connectivity index (χ3n) is 1.96. The summed E-state index contributed by atoms with van der Waals surface area (Å²) in [5.74, 6) is 0.537. The fraction of sp³-hybridized carbons (Fsp3) is 1.00. The van der Waals surface area contributed by atoms with Crippen LogP contribution < -0.4 is 5.32 Å². The van der Waals surface area contributed by atoms with Crippen LogP contribution in [0, 0.1) is 5.92 Å². The molecule has 1 aliphatic heterocycles. The Balaban J connectivity index is 2.27. The lowest BCUT2D eigenvalue weighted by Gasteiger charge is -2.14. The molecule has 0 bridgehead atoms. The molecule has 10 heavy (non-hydrogen) atoms. The molecule has 60 valence electrons. The van der Waals surface area contributed by atoms with Crippen LogP contribution in [0.5, 0.6) is 0 Å². The normalized spacial score (nSPS) is 33.0. The molecule has 3 heteroatoms. The van der Waals surface area contributed by atoms with Crippen molar-refractivity contribution >= 4 is 0 Å². The van der Waals surface area contributed by atoms with Crippen LogP contribution in [0.1, 0.15) is 0 Å². The van der Waals surface area contributed by atoms with E-state index in [1.807, 2.05) is 0 Å². The van der Waals surface area contributed by atoms with Gasteiger partial charge in [0.25, 0.3) is 0 Å². The zero-order valence-corrected chi connectivity index (χ0v) is 6.59. The van der Waals surface area contributed by atoms with Gasteiger partial charge in [-0.15, -0.1) is 0 Å². The Hall–Kier alpha value is -0.120. The Morgan fingerprint density at radius 3 is 2.80 bits per heavy atom. The molecule has 0 aromatic rings. The minimum absolute atomic E-state index is 0.347. The van der Waals surface area contributed by atoms with Crippen molar-refractivity contribution in [3.63, 3.8) is 0 Å². The van der Waals surface area contributed by atoms with Gasteiger partial charge in [0.05, 0.1) is 12.7 Å². The molecule has 0 saturated carbocycles. The Labute approximate surface area is 61.7 Å². The van der Waals surface area contributed by atoms with E-state index in [1.54, 1.807) is 14.2 Å². The lowest BCUT2D eigenvalue weighted by atomic mass is 10.1. The van der Waals surface area contributed by atoms with Gasteiger partial charge in [0, 0.05) is 33.2 Å². The average Bonchev–Trinajstić information content (AvgIpc) is 2.36. The highest BCUT2D eigenvalue weighted by Gasteiger charge is 2.26. The summed E-state index contributed by atoms with van der Waals surface area (Å²) in [4.78, 5) is 0. The number of nitrogens with one attached hydrogen (secondary N) is 1. The number of hydrogen-bond donors (Lipinski definition) is 1. The molecular formula is C7H15NO2. The van der Waals surface area contributed by atoms with E-state index in [1.165, 1.54) is 0 Å². The van der Waals surface area contributed by atoms with E-state index in [2.05, 4.69) is 5.32 Å². The highest BCUT2D eigenvalue weighted by atomic mass is 16.5. The Bertz CT molecular complexity index is 97.6. The van der Waals surface area contributed by atoms with Crippen LogP contribution >= 0.6 is 0 Å². The summed E-state index contributed by atoms with van der Waals surface area (Å²) in [6, 6.07) is 0. The van der Waals surface area contributed by atoms with Crippen molar-refractivity contribution in [3.05, 3.63) is 0 Å². The fourth-order valence-corrected chi connectivity index (χ4v) is 1.37. The third-order valence-corrected chi connectivity index (χ3v) is 1.96. The van der Waals surface area contributed by atoms with E-state index in [4.69, 9.17) is 9.47 Å². The molecule has 1 aliphatic rings. The molecule has 0 aromatic carbocycles. The van der Waals surface area contributed by atoms with E-state index in [0.717, 1.165) is 19.7 Å². The molecule has 2 atom stereocenters. The highest BCUT2D eigenvalue weighted by molar-refractivity contribution is 4.81. The van der Waals surface area contributed by atoms with Crippen molar-refractivity contribution in [3.8, 4) is 0 Å². The maximum Gasteiger partial charge on any atom is 0.0757 e. The Morgan fingerprint density at radius 1 is 1.40 bits per heavy atom.